The van der Waals surface area contributed by atoms with E-state index in [0.717, 1.165) is 12.4 Å². The molecule has 0 spiro atoms. The van der Waals surface area contributed by atoms with E-state index < -0.39 is 0 Å². The highest BCUT2D eigenvalue weighted by Gasteiger charge is 1.98. The van der Waals surface area contributed by atoms with E-state index in [4.69, 9.17) is 0 Å². The van der Waals surface area contributed by atoms with Gasteiger partial charge >= 0.3 is 0 Å². The van der Waals surface area contributed by atoms with Crippen LogP contribution in [0, 0.1) is 6.92 Å². The molecule has 1 N–H and O–H groups in total. The Kier molecular flexibility index (Phi) is 5.55. The Hall–Kier alpha value is -0.700. The summed E-state index contributed by atoms with van der Waals surface area (Å²) in [5, 5.41) is 7.56. The standard InChI is InChI=1S/C9H17N3.ClH/c1-4-5-6-10-9-7-8(2)12(3)11-9;/h7H,4-6H2,1-3H3,(H,10,11);1H. The number of hydrogen-bond donors (Lipinski definition) is 1. The van der Waals surface area contributed by atoms with E-state index in [1.165, 1.54) is 18.5 Å². The lowest BCUT2D eigenvalue weighted by Crippen LogP contribution is -2.01. The molecular formula is C9H18ClN3. The maximum absolute atomic E-state index is 4.29. The number of nitrogens with one attached hydrogen (secondary N) is 1. The molecule has 0 unspecified atom stereocenters. The zero-order chi connectivity index (χ0) is 8.97. The van der Waals surface area contributed by atoms with Crippen LogP contribution in [0.1, 0.15) is 25.5 Å². The molecule has 0 fully saturated rings. The van der Waals surface area contributed by atoms with Crippen LogP contribution >= 0.6 is 12.4 Å². The summed E-state index contributed by atoms with van der Waals surface area (Å²) in [6.07, 6.45) is 2.43. The molecule has 76 valence electrons. The van der Waals surface area contributed by atoms with Crippen LogP contribution in [0.4, 0.5) is 5.82 Å². The minimum absolute atomic E-state index is 0. The maximum Gasteiger partial charge on any atom is 0.148 e. The summed E-state index contributed by atoms with van der Waals surface area (Å²) in [5.41, 5.74) is 1.19. The number of aryl methyl sites for hydroxylation is 2. The van der Waals surface area contributed by atoms with Crippen LogP contribution < -0.4 is 5.32 Å². The summed E-state index contributed by atoms with van der Waals surface area (Å²) >= 11 is 0. The normalized spacial score (nSPS) is 9.46. The second kappa shape index (κ2) is 5.86. The van der Waals surface area contributed by atoms with E-state index >= 15 is 0 Å². The minimum atomic E-state index is 0. The largest absolute Gasteiger partial charge is 0.369 e. The monoisotopic (exact) mass is 203 g/mol. The number of halogens is 1. The van der Waals surface area contributed by atoms with Crippen molar-refractivity contribution in [1.29, 1.82) is 0 Å². The van der Waals surface area contributed by atoms with Gasteiger partial charge in [-0.3, -0.25) is 4.68 Å². The van der Waals surface area contributed by atoms with Crippen molar-refractivity contribution >= 4 is 18.2 Å². The third kappa shape index (κ3) is 3.68. The average molecular weight is 204 g/mol. The van der Waals surface area contributed by atoms with Crippen LogP contribution in [0.3, 0.4) is 0 Å². The van der Waals surface area contributed by atoms with Crippen molar-refractivity contribution in [3.63, 3.8) is 0 Å². The fourth-order valence-electron chi connectivity index (χ4n) is 1.04. The van der Waals surface area contributed by atoms with Crippen molar-refractivity contribution in [2.24, 2.45) is 7.05 Å². The topological polar surface area (TPSA) is 29.9 Å². The molecular weight excluding hydrogens is 186 g/mol. The molecule has 0 aliphatic heterocycles. The molecule has 1 heterocycles. The first-order valence-corrected chi connectivity index (χ1v) is 4.48. The zero-order valence-corrected chi connectivity index (χ0v) is 9.32. The van der Waals surface area contributed by atoms with Gasteiger partial charge in [0.25, 0.3) is 0 Å². The summed E-state index contributed by atoms with van der Waals surface area (Å²) in [5.74, 6) is 0.989. The zero-order valence-electron chi connectivity index (χ0n) is 8.50. The molecule has 0 bridgehead atoms. The predicted molar refractivity (Wildman–Crippen MR) is 58.6 cm³/mol. The van der Waals surface area contributed by atoms with E-state index in [-0.39, 0.29) is 12.4 Å². The van der Waals surface area contributed by atoms with E-state index in [1.807, 2.05) is 11.7 Å². The smallest absolute Gasteiger partial charge is 0.148 e. The van der Waals surface area contributed by atoms with Crippen molar-refractivity contribution in [2.75, 3.05) is 11.9 Å². The fourth-order valence-corrected chi connectivity index (χ4v) is 1.04. The Balaban J connectivity index is 0.00000144. The highest BCUT2D eigenvalue weighted by molar-refractivity contribution is 5.85. The summed E-state index contributed by atoms with van der Waals surface area (Å²) in [7, 11) is 1.96. The molecule has 4 heteroatoms. The highest BCUT2D eigenvalue weighted by atomic mass is 35.5. The van der Waals surface area contributed by atoms with Gasteiger partial charge in [0.2, 0.25) is 0 Å². The lowest BCUT2D eigenvalue weighted by molar-refractivity contribution is 0.738. The second-order valence-corrected chi connectivity index (χ2v) is 3.07. The molecule has 1 aromatic heterocycles. The minimum Gasteiger partial charge on any atom is -0.369 e. The Bertz CT molecular complexity index is 226. The Morgan fingerprint density at radius 2 is 2.23 bits per heavy atom. The van der Waals surface area contributed by atoms with Crippen LogP contribution in [0.15, 0.2) is 6.07 Å². The quantitative estimate of drug-likeness (QED) is 0.762. The van der Waals surface area contributed by atoms with Gasteiger partial charge in [0.15, 0.2) is 0 Å². The summed E-state index contributed by atoms with van der Waals surface area (Å²) in [6.45, 7) is 5.26. The third-order valence-electron chi connectivity index (χ3n) is 1.95. The number of aromatic nitrogens is 2. The van der Waals surface area contributed by atoms with Crippen molar-refractivity contribution in [2.45, 2.75) is 26.7 Å². The van der Waals surface area contributed by atoms with Crippen LogP contribution in [0.5, 0.6) is 0 Å². The predicted octanol–water partition coefficient (Wildman–Crippen LogP) is 2.36. The van der Waals surface area contributed by atoms with Gasteiger partial charge in [-0.1, -0.05) is 13.3 Å². The molecule has 0 radical (unpaired) electrons. The molecule has 3 nitrogen and oxygen atoms in total. The van der Waals surface area contributed by atoms with Crippen molar-refractivity contribution < 1.29 is 0 Å². The Morgan fingerprint density at radius 3 is 2.69 bits per heavy atom. The molecule has 1 aromatic rings. The van der Waals surface area contributed by atoms with Crippen LogP contribution in [-0.4, -0.2) is 16.3 Å². The lowest BCUT2D eigenvalue weighted by atomic mass is 10.3. The number of anilines is 1. The van der Waals surface area contributed by atoms with Gasteiger partial charge in [-0.25, -0.2) is 0 Å². The molecule has 0 aliphatic rings. The summed E-state index contributed by atoms with van der Waals surface area (Å²) in [6, 6.07) is 2.07. The van der Waals surface area contributed by atoms with Crippen molar-refractivity contribution in [3.8, 4) is 0 Å². The highest BCUT2D eigenvalue weighted by Crippen LogP contribution is 2.06. The number of nitrogens with zero attached hydrogens (tertiary/aromatic N) is 2. The molecule has 0 saturated heterocycles. The molecule has 0 aliphatic carbocycles. The molecule has 0 atom stereocenters. The van der Waals surface area contributed by atoms with Crippen molar-refractivity contribution in [1.82, 2.24) is 9.78 Å². The van der Waals surface area contributed by atoms with E-state index in [9.17, 15) is 0 Å². The molecule has 0 aromatic carbocycles. The van der Waals surface area contributed by atoms with Crippen LogP contribution in [0.25, 0.3) is 0 Å². The van der Waals surface area contributed by atoms with Gasteiger partial charge in [-0.15, -0.1) is 12.4 Å². The van der Waals surface area contributed by atoms with Gasteiger partial charge in [-0.05, 0) is 13.3 Å². The van der Waals surface area contributed by atoms with Crippen LogP contribution in [0.2, 0.25) is 0 Å². The first kappa shape index (κ1) is 12.3. The molecule has 0 saturated carbocycles. The average Bonchev–Trinajstić information content (AvgIpc) is 2.32. The van der Waals surface area contributed by atoms with Gasteiger partial charge in [0, 0.05) is 25.4 Å². The molecule has 1 rings (SSSR count). The number of unbranched alkanes of at least 4 members (excludes halogenated alkanes) is 1. The first-order valence-electron chi connectivity index (χ1n) is 4.48. The van der Waals surface area contributed by atoms with E-state index in [2.05, 4.69) is 30.3 Å². The SMILES string of the molecule is CCCCNc1cc(C)n(C)n1.Cl. The number of rotatable bonds is 4. The van der Waals surface area contributed by atoms with Gasteiger partial charge in [0.1, 0.15) is 5.82 Å². The Morgan fingerprint density at radius 1 is 1.54 bits per heavy atom. The van der Waals surface area contributed by atoms with Gasteiger partial charge in [0.05, 0.1) is 0 Å². The first-order chi connectivity index (χ1) is 5.74. The third-order valence-corrected chi connectivity index (χ3v) is 1.95. The molecule has 13 heavy (non-hydrogen) atoms. The van der Waals surface area contributed by atoms with Crippen molar-refractivity contribution in [3.05, 3.63) is 11.8 Å². The maximum atomic E-state index is 4.29. The van der Waals surface area contributed by atoms with Crippen LogP contribution in [-0.2, 0) is 7.05 Å². The summed E-state index contributed by atoms with van der Waals surface area (Å²) < 4.78 is 1.88. The fraction of sp³-hybridized carbons (Fsp3) is 0.667. The second-order valence-electron chi connectivity index (χ2n) is 3.07. The van der Waals surface area contributed by atoms with E-state index in [1.54, 1.807) is 0 Å². The van der Waals surface area contributed by atoms with Gasteiger partial charge < -0.3 is 5.32 Å². The summed E-state index contributed by atoms with van der Waals surface area (Å²) in [4.78, 5) is 0. The van der Waals surface area contributed by atoms with Gasteiger partial charge in [-0.2, -0.15) is 5.10 Å². The lowest BCUT2D eigenvalue weighted by Gasteiger charge is -1.99. The Labute approximate surface area is 85.9 Å². The number of hydrogen-bond acceptors (Lipinski definition) is 2. The van der Waals surface area contributed by atoms with E-state index in [0.29, 0.717) is 0 Å². The molecule has 0 amide bonds.